The summed E-state index contributed by atoms with van der Waals surface area (Å²) >= 11 is 0. The van der Waals surface area contributed by atoms with E-state index in [2.05, 4.69) is 15.5 Å². The SMILES string of the molecule is CCOC1(c2noc(CNC3CCCC3)n2)CCCC1. The van der Waals surface area contributed by atoms with Gasteiger partial charge in [0.15, 0.2) is 0 Å². The Morgan fingerprint density at radius 1 is 1.25 bits per heavy atom. The lowest BCUT2D eigenvalue weighted by atomic mass is 10.0. The Morgan fingerprint density at radius 3 is 2.70 bits per heavy atom. The molecule has 0 amide bonds. The molecule has 1 heterocycles. The van der Waals surface area contributed by atoms with E-state index in [-0.39, 0.29) is 5.60 Å². The van der Waals surface area contributed by atoms with E-state index in [9.17, 15) is 0 Å². The van der Waals surface area contributed by atoms with Crippen LogP contribution in [-0.2, 0) is 16.9 Å². The number of nitrogens with one attached hydrogen (secondary N) is 1. The molecule has 2 saturated carbocycles. The van der Waals surface area contributed by atoms with Crippen molar-refractivity contribution >= 4 is 0 Å². The summed E-state index contributed by atoms with van der Waals surface area (Å²) in [5.41, 5.74) is -0.288. The lowest BCUT2D eigenvalue weighted by molar-refractivity contribution is -0.0469. The van der Waals surface area contributed by atoms with Gasteiger partial charge in [-0.15, -0.1) is 0 Å². The zero-order valence-electron chi connectivity index (χ0n) is 12.4. The van der Waals surface area contributed by atoms with Crippen molar-refractivity contribution in [2.45, 2.75) is 76.5 Å². The molecule has 5 heteroatoms. The molecule has 1 aromatic rings. The molecule has 0 atom stereocenters. The molecule has 0 aromatic carbocycles. The van der Waals surface area contributed by atoms with Gasteiger partial charge in [0.25, 0.3) is 0 Å². The van der Waals surface area contributed by atoms with E-state index in [0.29, 0.717) is 25.1 Å². The third-order valence-corrected chi connectivity index (χ3v) is 4.60. The fourth-order valence-electron chi connectivity index (χ4n) is 3.53. The quantitative estimate of drug-likeness (QED) is 0.867. The maximum atomic E-state index is 5.96. The predicted octanol–water partition coefficient (Wildman–Crippen LogP) is 2.91. The molecule has 0 bridgehead atoms. The maximum Gasteiger partial charge on any atom is 0.240 e. The molecule has 112 valence electrons. The molecule has 0 radical (unpaired) electrons. The fraction of sp³-hybridized carbons (Fsp3) is 0.867. The Labute approximate surface area is 120 Å². The average molecular weight is 279 g/mol. The average Bonchev–Trinajstić information content (AvgIpc) is 3.19. The molecule has 0 unspecified atom stereocenters. The number of hydrogen-bond donors (Lipinski definition) is 1. The molecule has 0 aliphatic heterocycles. The summed E-state index contributed by atoms with van der Waals surface area (Å²) < 4.78 is 11.4. The topological polar surface area (TPSA) is 60.2 Å². The molecule has 20 heavy (non-hydrogen) atoms. The van der Waals surface area contributed by atoms with Crippen LogP contribution < -0.4 is 5.32 Å². The first-order valence-electron chi connectivity index (χ1n) is 8.03. The summed E-state index contributed by atoms with van der Waals surface area (Å²) in [5, 5.41) is 7.69. The summed E-state index contributed by atoms with van der Waals surface area (Å²) in [6, 6.07) is 0.623. The second-order valence-electron chi connectivity index (χ2n) is 6.01. The minimum atomic E-state index is -0.288. The molecule has 3 rings (SSSR count). The Morgan fingerprint density at radius 2 is 2.00 bits per heavy atom. The first-order chi connectivity index (χ1) is 9.82. The number of nitrogens with zero attached hydrogens (tertiary/aromatic N) is 2. The number of hydrogen-bond acceptors (Lipinski definition) is 5. The van der Waals surface area contributed by atoms with Gasteiger partial charge >= 0.3 is 0 Å². The van der Waals surface area contributed by atoms with Gasteiger partial charge in [0.2, 0.25) is 11.7 Å². The zero-order chi connectivity index (χ0) is 13.8. The number of ether oxygens (including phenoxy) is 1. The van der Waals surface area contributed by atoms with E-state index in [1.165, 1.54) is 38.5 Å². The van der Waals surface area contributed by atoms with Crippen LogP contribution in [0.3, 0.4) is 0 Å². The Bertz CT molecular complexity index is 421. The summed E-state index contributed by atoms with van der Waals surface area (Å²) in [4.78, 5) is 4.58. The molecular weight excluding hydrogens is 254 g/mol. The van der Waals surface area contributed by atoms with Gasteiger partial charge < -0.3 is 14.6 Å². The van der Waals surface area contributed by atoms with Crippen molar-refractivity contribution in [2.24, 2.45) is 0 Å². The molecule has 2 aliphatic rings. The van der Waals surface area contributed by atoms with Crippen LogP contribution in [-0.4, -0.2) is 22.8 Å². The zero-order valence-corrected chi connectivity index (χ0v) is 12.4. The fourth-order valence-corrected chi connectivity index (χ4v) is 3.53. The van der Waals surface area contributed by atoms with Crippen molar-refractivity contribution in [3.63, 3.8) is 0 Å². The monoisotopic (exact) mass is 279 g/mol. The van der Waals surface area contributed by atoms with Gasteiger partial charge in [-0.1, -0.05) is 18.0 Å². The maximum absolute atomic E-state index is 5.96. The first-order valence-corrected chi connectivity index (χ1v) is 8.03. The van der Waals surface area contributed by atoms with Gasteiger partial charge in [0.1, 0.15) is 5.60 Å². The van der Waals surface area contributed by atoms with E-state index >= 15 is 0 Å². The Kier molecular flexibility index (Phi) is 4.36. The molecule has 0 spiro atoms. The molecule has 2 aliphatic carbocycles. The minimum absolute atomic E-state index is 0.288. The number of aromatic nitrogens is 2. The van der Waals surface area contributed by atoms with E-state index in [1.54, 1.807) is 0 Å². The van der Waals surface area contributed by atoms with Gasteiger partial charge in [-0.25, -0.2) is 0 Å². The van der Waals surface area contributed by atoms with Gasteiger partial charge in [-0.3, -0.25) is 0 Å². The first kappa shape index (κ1) is 14.0. The minimum Gasteiger partial charge on any atom is -0.367 e. The highest BCUT2D eigenvalue weighted by atomic mass is 16.5. The van der Waals surface area contributed by atoms with Crippen LogP contribution in [0.2, 0.25) is 0 Å². The molecule has 1 N–H and O–H groups in total. The smallest absolute Gasteiger partial charge is 0.240 e. The summed E-state index contributed by atoms with van der Waals surface area (Å²) in [6.07, 6.45) is 9.59. The highest BCUT2D eigenvalue weighted by Crippen LogP contribution is 2.40. The van der Waals surface area contributed by atoms with Gasteiger partial charge in [-0.05, 0) is 45.4 Å². The molecule has 2 fully saturated rings. The van der Waals surface area contributed by atoms with E-state index in [0.717, 1.165) is 18.7 Å². The van der Waals surface area contributed by atoms with Crippen molar-refractivity contribution in [3.05, 3.63) is 11.7 Å². The Balaban J connectivity index is 1.62. The summed E-state index contributed by atoms with van der Waals surface area (Å²) in [6.45, 7) is 3.41. The standard InChI is InChI=1S/C15H25N3O2/c1-2-19-15(9-5-6-10-15)14-17-13(20-18-14)11-16-12-7-3-4-8-12/h12,16H,2-11H2,1H3. The molecule has 0 saturated heterocycles. The number of rotatable bonds is 6. The van der Waals surface area contributed by atoms with E-state index in [4.69, 9.17) is 9.26 Å². The van der Waals surface area contributed by atoms with Crippen LogP contribution in [0.25, 0.3) is 0 Å². The van der Waals surface area contributed by atoms with E-state index < -0.39 is 0 Å². The highest BCUT2D eigenvalue weighted by Gasteiger charge is 2.40. The van der Waals surface area contributed by atoms with Crippen molar-refractivity contribution in [1.29, 1.82) is 0 Å². The lowest BCUT2D eigenvalue weighted by Crippen LogP contribution is -2.28. The molecular formula is C15H25N3O2. The van der Waals surface area contributed by atoms with Crippen LogP contribution >= 0.6 is 0 Å². The summed E-state index contributed by atoms with van der Waals surface area (Å²) in [5.74, 6) is 1.44. The second kappa shape index (κ2) is 6.22. The predicted molar refractivity (Wildman–Crippen MR) is 75.2 cm³/mol. The summed E-state index contributed by atoms with van der Waals surface area (Å²) in [7, 11) is 0. The van der Waals surface area contributed by atoms with Crippen LogP contribution in [0.4, 0.5) is 0 Å². The van der Waals surface area contributed by atoms with Crippen LogP contribution in [0.5, 0.6) is 0 Å². The second-order valence-corrected chi connectivity index (χ2v) is 6.01. The van der Waals surface area contributed by atoms with E-state index in [1.807, 2.05) is 6.92 Å². The molecule has 5 nitrogen and oxygen atoms in total. The molecule has 1 aromatic heterocycles. The third-order valence-electron chi connectivity index (χ3n) is 4.60. The van der Waals surface area contributed by atoms with Crippen LogP contribution in [0.15, 0.2) is 4.52 Å². The van der Waals surface area contributed by atoms with Gasteiger partial charge in [0.05, 0.1) is 6.54 Å². The van der Waals surface area contributed by atoms with Crippen molar-refractivity contribution in [1.82, 2.24) is 15.5 Å². The lowest BCUT2D eigenvalue weighted by Gasteiger charge is -2.24. The largest absolute Gasteiger partial charge is 0.367 e. The van der Waals surface area contributed by atoms with Crippen molar-refractivity contribution in [3.8, 4) is 0 Å². The van der Waals surface area contributed by atoms with Crippen molar-refractivity contribution < 1.29 is 9.26 Å². The van der Waals surface area contributed by atoms with Crippen LogP contribution in [0.1, 0.15) is 70.0 Å². The van der Waals surface area contributed by atoms with Gasteiger partial charge in [0, 0.05) is 12.6 Å². The Hall–Kier alpha value is -0.940. The van der Waals surface area contributed by atoms with Crippen LogP contribution in [0, 0.1) is 0 Å². The highest BCUT2D eigenvalue weighted by molar-refractivity contribution is 5.04. The van der Waals surface area contributed by atoms with Crippen molar-refractivity contribution in [2.75, 3.05) is 6.61 Å². The normalized spacial score (nSPS) is 22.6. The van der Waals surface area contributed by atoms with Gasteiger partial charge in [-0.2, -0.15) is 4.98 Å². The third kappa shape index (κ3) is 2.88.